The molecule has 0 spiro atoms. The molecule has 1 saturated carbocycles. The van der Waals surface area contributed by atoms with Crippen LogP contribution in [-0.2, 0) is 21.0 Å². The predicted octanol–water partition coefficient (Wildman–Crippen LogP) is 2.93. The van der Waals surface area contributed by atoms with Crippen LogP contribution in [0.5, 0.6) is 0 Å². The van der Waals surface area contributed by atoms with Crippen LogP contribution in [-0.4, -0.2) is 59.5 Å². The average molecular weight is 463 g/mol. The molecule has 1 aliphatic heterocycles. The Morgan fingerprint density at radius 1 is 1.23 bits per heavy atom. The lowest BCUT2D eigenvalue weighted by molar-refractivity contribution is -0.142. The van der Waals surface area contributed by atoms with Crippen molar-refractivity contribution in [2.24, 2.45) is 0 Å². The van der Waals surface area contributed by atoms with Crippen LogP contribution in [0.25, 0.3) is 0 Å². The van der Waals surface area contributed by atoms with Crippen LogP contribution in [0.4, 0.5) is 13.2 Å². The Kier molecular flexibility index (Phi) is 5.43. The van der Waals surface area contributed by atoms with Crippen molar-refractivity contribution in [3.63, 3.8) is 0 Å². The monoisotopic (exact) mass is 462 g/mol. The molecule has 1 saturated heterocycles. The predicted molar refractivity (Wildman–Crippen MR) is 104 cm³/mol. The van der Waals surface area contributed by atoms with Gasteiger partial charge in [-0.3, -0.25) is 9.48 Å². The van der Waals surface area contributed by atoms with Crippen LogP contribution in [0.15, 0.2) is 27.8 Å². The summed E-state index contributed by atoms with van der Waals surface area (Å²) in [5.41, 5.74) is -0.557. The van der Waals surface area contributed by atoms with E-state index in [2.05, 4.69) is 5.10 Å². The summed E-state index contributed by atoms with van der Waals surface area (Å²) in [5, 5.41) is 5.37. The van der Waals surface area contributed by atoms with Crippen molar-refractivity contribution < 1.29 is 26.4 Å². The summed E-state index contributed by atoms with van der Waals surface area (Å²) < 4.78 is 67.4. The van der Waals surface area contributed by atoms with Gasteiger partial charge in [0.25, 0.3) is 10.0 Å². The Morgan fingerprint density at radius 2 is 1.90 bits per heavy atom. The van der Waals surface area contributed by atoms with Gasteiger partial charge in [0.1, 0.15) is 10.3 Å². The zero-order valence-corrected chi connectivity index (χ0v) is 17.8. The minimum absolute atomic E-state index is 0.00311. The third-order valence-electron chi connectivity index (χ3n) is 5.41. The van der Waals surface area contributed by atoms with E-state index >= 15 is 0 Å². The number of piperazine rings is 1. The van der Waals surface area contributed by atoms with Crippen molar-refractivity contribution in [3.8, 4) is 0 Å². The summed E-state index contributed by atoms with van der Waals surface area (Å²) in [4.78, 5) is 14.5. The number of sulfonamides is 1. The highest BCUT2D eigenvalue weighted by molar-refractivity contribution is 7.91. The molecular weight excluding hydrogens is 441 g/mol. The van der Waals surface area contributed by atoms with Gasteiger partial charge in [-0.05, 0) is 37.3 Å². The van der Waals surface area contributed by atoms with Crippen molar-refractivity contribution in [1.29, 1.82) is 0 Å². The molecule has 0 aromatic carbocycles. The van der Waals surface area contributed by atoms with Gasteiger partial charge in [0.15, 0.2) is 5.69 Å². The van der Waals surface area contributed by atoms with Gasteiger partial charge in [-0.2, -0.15) is 22.6 Å². The number of aromatic nitrogens is 2. The number of nitrogens with zero attached hydrogens (tertiary/aromatic N) is 4. The van der Waals surface area contributed by atoms with Crippen LogP contribution in [0, 0.1) is 0 Å². The summed E-state index contributed by atoms with van der Waals surface area (Å²) in [6.07, 6.45) is -3.01. The van der Waals surface area contributed by atoms with Gasteiger partial charge in [-0.1, -0.05) is 6.07 Å². The fourth-order valence-corrected chi connectivity index (χ4v) is 6.16. The van der Waals surface area contributed by atoms with Gasteiger partial charge in [0.2, 0.25) is 5.91 Å². The molecule has 0 bridgehead atoms. The second-order valence-electron chi connectivity index (χ2n) is 7.51. The molecule has 1 aliphatic carbocycles. The second-order valence-corrected chi connectivity index (χ2v) is 10.6. The highest BCUT2D eigenvalue weighted by Crippen LogP contribution is 2.43. The molecule has 2 aliphatic rings. The molecule has 0 radical (unpaired) electrons. The smallest absolute Gasteiger partial charge is 0.338 e. The number of halogens is 3. The number of hydrogen-bond donors (Lipinski definition) is 0. The van der Waals surface area contributed by atoms with Gasteiger partial charge in [0.05, 0.1) is 0 Å². The van der Waals surface area contributed by atoms with Crippen LogP contribution in [0.3, 0.4) is 0 Å². The van der Waals surface area contributed by atoms with Crippen molar-refractivity contribution >= 4 is 27.3 Å². The van der Waals surface area contributed by atoms with E-state index in [0.29, 0.717) is 5.69 Å². The molecule has 164 valence electrons. The first-order valence-corrected chi connectivity index (χ1v) is 11.9. The highest BCUT2D eigenvalue weighted by Gasteiger charge is 2.40. The largest absolute Gasteiger partial charge is 0.435 e. The lowest BCUT2D eigenvalue weighted by Crippen LogP contribution is -2.51. The quantitative estimate of drug-likeness (QED) is 0.685. The molecule has 1 amide bonds. The summed E-state index contributed by atoms with van der Waals surface area (Å²) in [6, 6.07) is 3.34. The van der Waals surface area contributed by atoms with E-state index < -0.39 is 27.9 Å². The summed E-state index contributed by atoms with van der Waals surface area (Å²) >= 11 is 1.13. The first kappa shape index (κ1) is 21.3. The maximum absolute atomic E-state index is 13.1. The fraction of sp³-hybridized carbons (Fsp3) is 0.556. The maximum Gasteiger partial charge on any atom is 0.435 e. The molecule has 2 fully saturated rings. The number of rotatable bonds is 5. The van der Waals surface area contributed by atoms with Crippen molar-refractivity contribution in [2.75, 3.05) is 26.2 Å². The van der Waals surface area contributed by atoms with Gasteiger partial charge >= 0.3 is 6.18 Å². The maximum atomic E-state index is 13.1. The molecule has 3 heterocycles. The zero-order valence-electron chi connectivity index (χ0n) is 16.2. The van der Waals surface area contributed by atoms with Gasteiger partial charge in [0, 0.05) is 37.8 Å². The number of carbonyl (C=O) groups is 1. The SMILES string of the molecule is CC(C(=O)N1CCN(S(=O)(=O)c2cccs2)CC1)n1nc(C(F)(F)F)cc1C1CC1. The fourth-order valence-electron chi connectivity index (χ4n) is 3.60. The first-order chi connectivity index (χ1) is 14.1. The molecule has 1 unspecified atom stereocenters. The Hall–Kier alpha value is -1.92. The average Bonchev–Trinajstić information content (AvgIpc) is 3.20. The van der Waals surface area contributed by atoms with Gasteiger partial charge < -0.3 is 4.90 Å². The summed E-state index contributed by atoms with van der Waals surface area (Å²) in [6.45, 7) is 2.18. The number of hydrogen-bond acceptors (Lipinski definition) is 5. The van der Waals surface area contributed by atoms with E-state index in [-0.39, 0.29) is 42.2 Å². The molecule has 12 heteroatoms. The van der Waals surface area contributed by atoms with E-state index in [0.717, 1.165) is 30.2 Å². The van der Waals surface area contributed by atoms with Crippen LogP contribution < -0.4 is 0 Å². The van der Waals surface area contributed by atoms with Crippen molar-refractivity contribution in [3.05, 3.63) is 35.0 Å². The second kappa shape index (κ2) is 7.65. The van der Waals surface area contributed by atoms with E-state index in [4.69, 9.17) is 0 Å². The summed E-state index contributed by atoms with van der Waals surface area (Å²) in [7, 11) is -3.59. The Morgan fingerprint density at radius 3 is 2.43 bits per heavy atom. The topological polar surface area (TPSA) is 75.5 Å². The number of thiophene rings is 1. The van der Waals surface area contributed by atoms with Crippen LogP contribution in [0.2, 0.25) is 0 Å². The van der Waals surface area contributed by atoms with Gasteiger partial charge in [-0.15, -0.1) is 11.3 Å². The minimum atomic E-state index is -4.57. The van der Waals surface area contributed by atoms with E-state index in [1.54, 1.807) is 11.4 Å². The normalized spacial score (nSPS) is 19.8. The first-order valence-electron chi connectivity index (χ1n) is 9.58. The molecule has 4 rings (SSSR count). The number of alkyl halides is 3. The molecule has 2 aromatic rings. The minimum Gasteiger partial charge on any atom is -0.338 e. The lowest BCUT2D eigenvalue weighted by Gasteiger charge is -2.35. The molecule has 0 N–H and O–H groups in total. The third-order valence-corrected chi connectivity index (χ3v) is 8.69. The summed E-state index contributed by atoms with van der Waals surface area (Å²) in [5.74, 6) is -0.362. The Labute approximate surface area is 176 Å². The van der Waals surface area contributed by atoms with E-state index in [1.807, 2.05) is 0 Å². The van der Waals surface area contributed by atoms with Gasteiger partial charge in [-0.25, -0.2) is 8.42 Å². The molecule has 7 nitrogen and oxygen atoms in total. The van der Waals surface area contributed by atoms with E-state index in [9.17, 15) is 26.4 Å². The number of amides is 1. The van der Waals surface area contributed by atoms with Crippen molar-refractivity contribution in [2.45, 2.75) is 42.1 Å². The zero-order chi connectivity index (χ0) is 21.7. The molecule has 2 aromatic heterocycles. The molecule has 30 heavy (non-hydrogen) atoms. The highest BCUT2D eigenvalue weighted by atomic mass is 32.2. The third kappa shape index (κ3) is 4.00. The lowest BCUT2D eigenvalue weighted by atomic mass is 10.2. The standard InChI is InChI=1S/C18H21F3N4O3S2/c1-12(25-14(13-4-5-13)11-15(22-25)18(19,20)21)17(26)23-6-8-24(9-7-23)30(27,28)16-3-2-10-29-16/h2-3,10-13H,4-9H2,1H3. The van der Waals surface area contributed by atoms with Crippen LogP contribution >= 0.6 is 11.3 Å². The molecule has 1 atom stereocenters. The van der Waals surface area contributed by atoms with E-state index in [1.165, 1.54) is 26.9 Å². The molecular formula is C18H21F3N4O3S2. The Bertz CT molecular complexity index is 1020. The Balaban J connectivity index is 1.47. The van der Waals surface area contributed by atoms with Crippen molar-refractivity contribution in [1.82, 2.24) is 19.0 Å². The number of carbonyl (C=O) groups excluding carboxylic acids is 1. The van der Waals surface area contributed by atoms with Crippen LogP contribution in [0.1, 0.15) is 43.1 Å².